The van der Waals surface area contributed by atoms with E-state index in [1.807, 2.05) is 92.4 Å². The summed E-state index contributed by atoms with van der Waals surface area (Å²) in [5.41, 5.74) is 1.77. The summed E-state index contributed by atoms with van der Waals surface area (Å²) in [6, 6.07) is 16.6. The van der Waals surface area contributed by atoms with Crippen LogP contribution in [0.1, 0.15) is 54.6 Å². The van der Waals surface area contributed by atoms with E-state index in [0.717, 1.165) is 11.1 Å². The maximum Gasteiger partial charge on any atom is 0.410 e. The Hall–Kier alpha value is -3.58. The second-order valence-corrected chi connectivity index (χ2v) is 12.1. The van der Waals surface area contributed by atoms with Crippen LogP contribution in [0.4, 0.5) is 4.79 Å². The van der Waals surface area contributed by atoms with Crippen molar-refractivity contribution in [2.75, 3.05) is 19.6 Å². The van der Waals surface area contributed by atoms with Crippen LogP contribution in [-0.4, -0.2) is 65.0 Å². The van der Waals surface area contributed by atoms with Crippen molar-refractivity contribution in [3.05, 3.63) is 94.5 Å². The Balaban J connectivity index is 1.46. The number of nitrogens with zero attached hydrogens (tertiary/aromatic N) is 2. The number of ether oxygens (including phenoxy) is 1. The predicted molar refractivity (Wildman–Crippen MR) is 155 cm³/mol. The molecule has 0 spiro atoms. The third kappa shape index (κ3) is 5.94. The Labute approximate surface area is 240 Å². The normalized spacial score (nSPS) is 24.1. The molecular weight excluding hydrogens is 526 g/mol. The van der Waals surface area contributed by atoms with Crippen molar-refractivity contribution >= 4 is 29.5 Å². The number of allylic oxidation sites excluding steroid dienone is 2. The molecule has 2 aliphatic heterocycles. The summed E-state index contributed by atoms with van der Waals surface area (Å²) >= 11 is 6.38. The van der Waals surface area contributed by atoms with Gasteiger partial charge in [-0.05, 0) is 56.9 Å². The molecule has 40 heavy (non-hydrogen) atoms. The Morgan fingerprint density at radius 2 is 1.80 bits per heavy atom. The van der Waals surface area contributed by atoms with Crippen LogP contribution >= 0.6 is 11.6 Å². The van der Waals surface area contributed by atoms with Gasteiger partial charge in [-0.25, -0.2) is 4.79 Å². The van der Waals surface area contributed by atoms with Crippen molar-refractivity contribution in [1.82, 2.24) is 15.1 Å². The highest BCUT2D eigenvalue weighted by Gasteiger charge is 2.50. The Bertz CT molecular complexity index is 1330. The zero-order chi connectivity index (χ0) is 28.4. The molecule has 4 atom stereocenters. The van der Waals surface area contributed by atoms with E-state index in [1.165, 1.54) is 0 Å². The molecule has 5 rings (SSSR count). The highest BCUT2D eigenvalue weighted by atomic mass is 35.5. The van der Waals surface area contributed by atoms with Crippen LogP contribution in [0.2, 0.25) is 0 Å². The average molecular weight is 562 g/mol. The summed E-state index contributed by atoms with van der Waals surface area (Å²) in [7, 11) is 0. The molecule has 1 aliphatic carbocycles. The van der Waals surface area contributed by atoms with Gasteiger partial charge in [0.2, 0.25) is 5.91 Å². The van der Waals surface area contributed by atoms with Crippen LogP contribution in [0.5, 0.6) is 0 Å². The highest BCUT2D eigenvalue weighted by molar-refractivity contribution is 6.31. The fraction of sp³-hybridized carbons (Fsp3) is 0.406. The second kappa shape index (κ2) is 11.5. The van der Waals surface area contributed by atoms with Crippen molar-refractivity contribution in [2.45, 2.75) is 57.2 Å². The molecule has 3 aliphatic rings. The van der Waals surface area contributed by atoms with Gasteiger partial charge in [0.1, 0.15) is 5.60 Å². The van der Waals surface area contributed by atoms with E-state index in [1.54, 1.807) is 11.0 Å². The quantitative estimate of drug-likeness (QED) is 0.521. The number of likely N-dealkylation sites (tertiary alicyclic amines) is 1. The van der Waals surface area contributed by atoms with E-state index < -0.39 is 23.7 Å². The van der Waals surface area contributed by atoms with Gasteiger partial charge in [0.25, 0.3) is 5.91 Å². The third-order valence-corrected chi connectivity index (χ3v) is 7.95. The molecule has 0 bridgehead atoms. The molecule has 2 aromatic carbocycles. The van der Waals surface area contributed by atoms with Gasteiger partial charge in [0, 0.05) is 36.1 Å². The first kappa shape index (κ1) is 28.0. The van der Waals surface area contributed by atoms with Crippen LogP contribution < -0.4 is 5.32 Å². The molecular formula is C32H36ClN3O4. The fourth-order valence-corrected chi connectivity index (χ4v) is 6.17. The molecule has 3 unspecified atom stereocenters. The molecule has 0 aromatic heterocycles. The van der Waals surface area contributed by atoms with Crippen LogP contribution in [0.15, 0.2) is 77.9 Å². The predicted octanol–water partition coefficient (Wildman–Crippen LogP) is 5.27. The summed E-state index contributed by atoms with van der Waals surface area (Å²) in [5, 5.41) is 3.73. The van der Waals surface area contributed by atoms with Gasteiger partial charge in [-0.1, -0.05) is 72.3 Å². The molecule has 0 saturated carbocycles. The number of hydrogen-bond donors (Lipinski definition) is 1. The topological polar surface area (TPSA) is 79.0 Å². The number of amides is 3. The first-order valence-corrected chi connectivity index (χ1v) is 14.3. The van der Waals surface area contributed by atoms with Gasteiger partial charge in [-0.2, -0.15) is 0 Å². The number of nitrogens with one attached hydrogen (secondary N) is 1. The second-order valence-electron chi connectivity index (χ2n) is 11.7. The zero-order valence-corrected chi connectivity index (χ0v) is 23.9. The zero-order valence-electron chi connectivity index (χ0n) is 23.2. The molecule has 7 nitrogen and oxygen atoms in total. The van der Waals surface area contributed by atoms with Gasteiger partial charge >= 0.3 is 6.09 Å². The number of halogens is 1. The summed E-state index contributed by atoms with van der Waals surface area (Å²) in [6.45, 7) is 6.81. The lowest BCUT2D eigenvalue weighted by Gasteiger charge is -2.46. The molecule has 2 heterocycles. The molecule has 8 heteroatoms. The molecule has 1 N–H and O–H groups in total. The SMILES string of the molecule is CC(C)(C)OC(=O)N1CC[C@H](N2C(=O)c3ccccc3C(C(=O)NCCc3ccccc3)C2C2C=CC(Cl)=C2)C1. The van der Waals surface area contributed by atoms with Crippen LogP contribution in [0, 0.1) is 5.92 Å². The van der Waals surface area contributed by atoms with Crippen molar-refractivity contribution in [1.29, 1.82) is 0 Å². The number of carbonyl (C=O) groups excluding carboxylic acids is 3. The van der Waals surface area contributed by atoms with Gasteiger partial charge < -0.3 is 19.9 Å². The molecule has 1 saturated heterocycles. The number of fused-ring (bicyclic) bond motifs is 1. The summed E-state index contributed by atoms with van der Waals surface area (Å²) < 4.78 is 5.60. The van der Waals surface area contributed by atoms with Gasteiger partial charge in [0.15, 0.2) is 0 Å². The lowest BCUT2D eigenvalue weighted by molar-refractivity contribution is -0.124. The molecule has 2 aromatic rings. The van der Waals surface area contributed by atoms with Gasteiger partial charge in [-0.15, -0.1) is 0 Å². The molecule has 3 amide bonds. The first-order chi connectivity index (χ1) is 19.1. The monoisotopic (exact) mass is 561 g/mol. The summed E-state index contributed by atoms with van der Waals surface area (Å²) in [4.78, 5) is 44.4. The lowest BCUT2D eigenvalue weighted by Crippen LogP contribution is -2.58. The maximum atomic E-state index is 14.1. The minimum atomic E-state index is -0.614. The summed E-state index contributed by atoms with van der Waals surface area (Å²) in [6.07, 6.45) is 6.60. The fourth-order valence-electron chi connectivity index (χ4n) is 5.95. The van der Waals surface area contributed by atoms with Crippen LogP contribution in [0.25, 0.3) is 0 Å². The van der Waals surface area contributed by atoms with E-state index in [-0.39, 0.29) is 23.8 Å². The molecule has 210 valence electrons. The minimum Gasteiger partial charge on any atom is -0.444 e. The van der Waals surface area contributed by atoms with Gasteiger partial charge in [0.05, 0.1) is 18.0 Å². The first-order valence-electron chi connectivity index (χ1n) is 13.9. The standard InChI is InChI=1S/C32H36ClN3O4/c1-32(2,3)40-31(39)35-18-16-24(20-35)36-28(22-13-14-23(33)19-22)27(25-11-7-8-12-26(25)30(36)38)29(37)34-17-15-21-9-5-4-6-10-21/h4-14,19,22,24,27-28H,15-18,20H2,1-3H3,(H,34,37)/t22?,24-,27?,28?/m0/s1. The van der Waals surface area contributed by atoms with E-state index in [2.05, 4.69) is 5.32 Å². The van der Waals surface area contributed by atoms with E-state index in [0.29, 0.717) is 43.1 Å². The lowest BCUT2D eigenvalue weighted by atomic mass is 9.76. The Kier molecular flexibility index (Phi) is 8.04. The van der Waals surface area contributed by atoms with Crippen molar-refractivity contribution in [3.63, 3.8) is 0 Å². The number of benzene rings is 2. The van der Waals surface area contributed by atoms with Crippen LogP contribution in [0.3, 0.4) is 0 Å². The smallest absolute Gasteiger partial charge is 0.410 e. The van der Waals surface area contributed by atoms with E-state index in [4.69, 9.17) is 16.3 Å². The van der Waals surface area contributed by atoms with Crippen molar-refractivity contribution in [2.24, 2.45) is 5.92 Å². The van der Waals surface area contributed by atoms with E-state index >= 15 is 0 Å². The average Bonchev–Trinajstić information content (AvgIpc) is 3.58. The molecule has 1 fully saturated rings. The van der Waals surface area contributed by atoms with Crippen molar-refractivity contribution in [3.8, 4) is 0 Å². The summed E-state index contributed by atoms with van der Waals surface area (Å²) in [5.74, 6) is -1.11. The largest absolute Gasteiger partial charge is 0.444 e. The van der Waals surface area contributed by atoms with Crippen molar-refractivity contribution < 1.29 is 19.1 Å². The number of carbonyl (C=O) groups is 3. The minimum absolute atomic E-state index is 0.127. The molecule has 0 radical (unpaired) electrons. The Morgan fingerprint density at radius 3 is 2.50 bits per heavy atom. The highest BCUT2D eigenvalue weighted by Crippen LogP contribution is 2.42. The Morgan fingerprint density at radius 1 is 1.07 bits per heavy atom. The van der Waals surface area contributed by atoms with Crippen LogP contribution in [-0.2, 0) is 16.0 Å². The third-order valence-electron chi connectivity index (χ3n) is 7.69. The number of rotatable bonds is 6. The number of hydrogen-bond acceptors (Lipinski definition) is 4. The van der Waals surface area contributed by atoms with Gasteiger partial charge in [-0.3, -0.25) is 9.59 Å². The maximum absolute atomic E-state index is 14.1. The van der Waals surface area contributed by atoms with E-state index in [9.17, 15) is 14.4 Å².